The van der Waals surface area contributed by atoms with Gasteiger partial charge in [0.15, 0.2) is 0 Å². The van der Waals surface area contributed by atoms with E-state index in [1.807, 2.05) is 6.92 Å². The molecule has 0 spiro atoms. The Morgan fingerprint density at radius 1 is 1.39 bits per heavy atom. The van der Waals surface area contributed by atoms with Crippen molar-refractivity contribution in [2.45, 2.75) is 25.8 Å². The van der Waals surface area contributed by atoms with Crippen LogP contribution in [0.4, 0.5) is 14.9 Å². The zero-order valence-corrected chi connectivity index (χ0v) is 14.0. The number of carbonyl (C=O) groups excluding carboxylic acids is 1. The van der Waals surface area contributed by atoms with Crippen molar-refractivity contribution >= 4 is 23.3 Å². The third-order valence-electron chi connectivity index (χ3n) is 3.98. The molecule has 0 aromatic heterocycles. The number of hydrogen-bond acceptors (Lipinski definition) is 3. The van der Waals surface area contributed by atoms with Crippen LogP contribution in [0.5, 0.6) is 0 Å². The van der Waals surface area contributed by atoms with Crippen LogP contribution in [0.15, 0.2) is 18.2 Å². The second-order valence-corrected chi connectivity index (χ2v) is 6.19. The van der Waals surface area contributed by atoms with E-state index < -0.39 is 0 Å². The maximum atomic E-state index is 13.1. The number of halogens is 2. The average molecular weight is 344 g/mol. The molecule has 1 heterocycles. The Hall–Kier alpha value is -1.53. The third-order valence-corrected chi connectivity index (χ3v) is 4.29. The lowest BCUT2D eigenvalue weighted by Crippen LogP contribution is -2.53. The number of aliphatic hydroxyl groups excluding tert-OH is 1. The number of nitrogens with one attached hydrogen (secondary N) is 1. The first-order chi connectivity index (χ1) is 11.0. The molecule has 0 bridgehead atoms. The lowest BCUT2D eigenvalue weighted by Gasteiger charge is -2.36. The minimum Gasteiger partial charge on any atom is -0.396 e. The van der Waals surface area contributed by atoms with Gasteiger partial charge >= 0.3 is 6.03 Å². The first-order valence-corrected chi connectivity index (χ1v) is 8.25. The number of amides is 2. The topological polar surface area (TPSA) is 55.8 Å². The summed E-state index contributed by atoms with van der Waals surface area (Å²) >= 11 is 6.08. The molecule has 7 heteroatoms. The molecule has 23 heavy (non-hydrogen) atoms. The van der Waals surface area contributed by atoms with Gasteiger partial charge in [0.05, 0.1) is 10.7 Å². The Labute approximate surface area is 141 Å². The van der Waals surface area contributed by atoms with Crippen molar-refractivity contribution in [1.29, 1.82) is 0 Å². The Morgan fingerprint density at radius 3 is 2.70 bits per heavy atom. The molecule has 1 aliphatic heterocycles. The first-order valence-electron chi connectivity index (χ1n) is 7.87. The predicted octanol–water partition coefficient (Wildman–Crippen LogP) is 2.47. The molecule has 1 aromatic carbocycles. The van der Waals surface area contributed by atoms with E-state index in [4.69, 9.17) is 16.7 Å². The molecule has 128 valence electrons. The minimum absolute atomic E-state index is 0.0409. The Morgan fingerprint density at radius 2 is 2.09 bits per heavy atom. The molecule has 1 aromatic rings. The molecule has 1 atom stereocenters. The van der Waals surface area contributed by atoms with Gasteiger partial charge in [-0.3, -0.25) is 0 Å². The standard InChI is InChI=1S/C16H23ClFN3O2/c1-12(3-2-10-22)19-16(23)21-8-6-20(7-9-21)15-5-4-13(18)11-14(15)17/h4-5,11-12,22H,2-3,6-10H2,1H3,(H,19,23). The van der Waals surface area contributed by atoms with Crippen molar-refractivity contribution in [2.75, 3.05) is 37.7 Å². The second kappa shape index (κ2) is 8.36. The zero-order chi connectivity index (χ0) is 16.8. The van der Waals surface area contributed by atoms with Gasteiger partial charge in [-0.2, -0.15) is 0 Å². The fourth-order valence-electron chi connectivity index (χ4n) is 2.66. The maximum absolute atomic E-state index is 13.1. The summed E-state index contributed by atoms with van der Waals surface area (Å²) in [5, 5.41) is 12.1. The summed E-state index contributed by atoms with van der Waals surface area (Å²) in [5.41, 5.74) is 0.796. The normalized spacial score (nSPS) is 16.3. The molecule has 1 saturated heterocycles. The number of benzene rings is 1. The van der Waals surface area contributed by atoms with E-state index in [0.29, 0.717) is 37.6 Å². The predicted molar refractivity (Wildman–Crippen MR) is 89.5 cm³/mol. The monoisotopic (exact) mass is 343 g/mol. The maximum Gasteiger partial charge on any atom is 0.317 e. The van der Waals surface area contributed by atoms with Gasteiger partial charge in [0.1, 0.15) is 5.82 Å². The Balaban J connectivity index is 1.84. The molecule has 2 rings (SSSR count). The fraction of sp³-hybridized carbons (Fsp3) is 0.562. The van der Waals surface area contributed by atoms with Crippen LogP contribution < -0.4 is 10.2 Å². The first kappa shape index (κ1) is 17.8. The summed E-state index contributed by atoms with van der Waals surface area (Å²) < 4.78 is 13.1. The molecule has 1 fully saturated rings. The SMILES string of the molecule is CC(CCCO)NC(=O)N1CCN(c2ccc(F)cc2Cl)CC1. The van der Waals surface area contributed by atoms with Gasteiger partial charge in [0.2, 0.25) is 0 Å². The quantitative estimate of drug-likeness (QED) is 0.863. The van der Waals surface area contributed by atoms with Crippen LogP contribution in [-0.2, 0) is 0 Å². The number of piperazine rings is 1. The molecule has 1 aliphatic rings. The molecular weight excluding hydrogens is 321 g/mol. The van der Waals surface area contributed by atoms with E-state index in [2.05, 4.69) is 10.2 Å². The van der Waals surface area contributed by atoms with Gasteiger partial charge in [-0.1, -0.05) is 11.6 Å². The van der Waals surface area contributed by atoms with Gasteiger partial charge in [-0.15, -0.1) is 0 Å². The molecular formula is C16H23ClFN3O2. The Bertz CT molecular complexity index is 536. The van der Waals surface area contributed by atoms with E-state index in [9.17, 15) is 9.18 Å². The van der Waals surface area contributed by atoms with E-state index in [1.54, 1.807) is 11.0 Å². The number of aliphatic hydroxyl groups is 1. The Kier molecular flexibility index (Phi) is 6.47. The zero-order valence-electron chi connectivity index (χ0n) is 13.3. The molecule has 5 nitrogen and oxygen atoms in total. The summed E-state index contributed by atoms with van der Waals surface area (Å²) in [6, 6.07) is 4.33. The lowest BCUT2D eigenvalue weighted by molar-refractivity contribution is 0.189. The summed E-state index contributed by atoms with van der Waals surface area (Å²) in [5.74, 6) is -0.353. The minimum atomic E-state index is -0.353. The van der Waals surface area contributed by atoms with Crippen LogP contribution in [0.2, 0.25) is 5.02 Å². The second-order valence-electron chi connectivity index (χ2n) is 5.79. The number of urea groups is 1. The summed E-state index contributed by atoms with van der Waals surface area (Å²) in [6.07, 6.45) is 1.44. The third kappa shape index (κ3) is 4.97. The molecule has 2 N–H and O–H groups in total. The highest BCUT2D eigenvalue weighted by Gasteiger charge is 2.23. The van der Waals surface area contributed by atoms with Crippen molar-refractivity contribution in [1.82, 2.24) is 10.2 Å². The molecule has 2 amide bonds. The van der Waals surface area contributed by atoms with Gasteiger partial charge < -0.3 is 20.2 Å². The van der Waals surface area contributed by atoms with Crippen molar-refractivity contribution < 1.29 is 14.3 Å². The van der Waals surface area contributed by atoms with Crippen molar-refractivity contribution in [3.63, 3.8) is 0 Å². The van der Waals surface area contributed by atoms with Crippen LogP contribution in [0.25, 0.3) is 0 Å². The fourth-order valence-corrected chi connectivity index (χ4v) is 2.95. The molecule has 0 saturated carbocycles. The lowest BCUT2D eigenvalue weighted by atomic mass is 10.2. The number of hydrogen-bond donors (Lipinski definition) is 2. The van der Waals surface area contributed by atoms with E-state index >= 15 is 0 Å². The highest BCUT2D eigenvalue weighted by atomic mass is 35.5. The van der Waals surface area contributed by atoms with Crippen LogP contribution in [0.1, 0.15) is 19.8 Å². The van der Waals surface area contributed by atoms with E-state index in [1.165, 1.54) is 12.1 Å². The highest BCUT2D eigenvalue weighted by Crippen LogP contribution is 2.27. The number of anilines is 1. The summed E-state index contributed by atoms with van der Waals surface area (Å²) in [6.45, 7) is 4.56. The van der Waals surface area contributed by atoms with E-state index in [-0.39, 0.29) is 24.5 Å². The van der Waals surface area contributed by atoms with Gasteiger partial charge in [-0.05, 0) is 38.0 Å². The highest BCUT2D eigenvalue weighted by molar-refractivity contribution is 6.33. The number of rotatable bonds is 5. The number of carbonyl (C=O) groups is 1. The van der Waals surface area contributed by atoms with Gasteiger partial charge in [0.25, 0.3) is 0 Å². The van der Waals surface area contributed by atoms with Crippen molar-refractivity contribution in [3.05, 3.63) is 29.0 Å². The van der Waals surface area contributed by atoms with Crippen molar-refractivity contribution in [3.8, 4) is 0 Å². The largest absolute Gasteiger partial charge is 0.396 e. The van der Waals surface area contributed by atoms with Crippen LogP contribution >= 0.6 is 11.6 Å². The molecule has 0 radical (unpaired) electrons. The summed E-state index contributed by atoms with van der Waals surface area (Å²) in [7, 11) is 0. The number of nitrogens with zero attached hydrogens (tertiary/aromatic N) is 2. The summed E-state index contributed by atoms with van der Waals surface area (Å²) in [4.78, 5) is 16.0. The van der Waals surface area contributed by atoms with Gasteiger partial charge in [0, 0.05) is 38.8 Å². The smallest absolute Gasteiger partial charge is 0.317 e. The molecule has 0 aliphatic carbocycles. The van der Waals surface area contributed by atoms with Crippen LogP contribution in [-0.4, -0.2) is 54.9 Å². The van der Waals surface area contributed by atoms with Crippen molar-refractivity contribution in [2.24, 2.45) is 0 Å². The molecule has 1 unspecified atom stereocenters. The average Bonchev–Trinajstić information content (AvgIpc) is 2.53. The van der Waals surface area contributed by atoms with Crippen LogP contribution in [0, 0.1) is 5.82 Å². The van der Waals surface area contributed by atoms with Gasteiger partial charge in [-0.25, -0.2) is 9.18 Å². The van der Waals surface area contributed by atoms with E-state index in [0.717, 1.165) is 12.1 Å². The van der Waals surface area contributed by atoms with Crippen LogP contribution in [0.3, 0.4) is 0 Å².